The van der Waals surface area contributed by atoms with Crippen molar-refractivity contribution in [2.45, 2.75) is 19.3 Å². The highest BCUT2D eigenvalue weighted by Crippen LogP contribution is 2.48. The minimum absolute atomic E-state index is 0.540. The summed E-state index contributed by atoms with van der Waals surface area (Å²) in [7, 11) is 0. The first kappa shape index (κ1) is 9.72. The Hall–Kier alpha value is -1.82. The van der Waals surface area contributed by atoms with Gasteiger partial charge in [-0.05, 0) is 37.0 Å². The SMILES string of the molecule is N#Cc1cccc(CC2(C(=O)O)CC2)c1. The molecule has 0 radical (unpaired) electrons. The van der Waals surface area contributed by atoms with Crippen LogP contribution in [0.5, 0.6) is 0 Å². The summed E-state index contributed by atoms with van der Waals surface area (Å²) in [5.41, 5.74) is 0.983. The molecule has 0 spiro atoms. The molecule has 0 bridgehead atoms. The van der Waals surface area contributed by atoms with E-state index in [1.165, 1.54) is 0 Å². The van der Waals surface area contributed by atoms with Gasteiger partial charge in [-0.1, -0.05) is 12.1 Å². The van der Waals surface area contributed by atoms with Crippen LogP contribution in [0.25, 0.3) is 0 Å². The Morgan fingerprint density at radius 1 is 1.53 bits per heavy atom. The molecular weight excluding hydrogens is 190 g/mol. The maximum absolute atomic E-state index is 11.0. The summed E-state index contributed by atoms with van der Waals surface area (Å²) in [6.07, 6.45) is 2.04. The van der Waals surface area contributed by atoms with E-state index >= 15 is 0 Å². The van der Waals surface area contributed by atoms with Gasteiger partial charge in [0.25, 0.3) is 0 Å². The second kappa shape index (κ2) is 3.39. The van der Waals surface area contributed by atoms with E-state index < -0.39 is 11.4 Å². The van der Waals surface area contributed by atoms with Gasteiger partial charge in [0, 0.05) is 0 Å². The van der Waals surface area contributed by atoms with Crippen LogP contribution in [-0.2, 0) is 11.2 Å². The van der Waals surface area contributed by atoms with E-state index in [2.05, 4.69) is 6.07 Å². The van der Waals surface area contributed by atoms with E-state index in [1.54, 1.807) is 18.2 Å². The van der Waals surface area contributed by atoms with Crippen molar-refractivity contribution in [1.29, 1.82) is 5.26 Å². The van der Waals surface area contributed by atoms with Gasteiger partial charge in [-0.2, -0.15) is 5.26 Å². The Morgan fingerprint density at radius 3 is 2.80 bits per heavy atom. The van der Waals surface area contributed by atoms with Crippen LogP contribution in [0, 0.1) is 16.7 Å². The molecule has 3 nitrogen and oxygen atoms in total. The quantitative estimate of drug-likeness (QED) is 0.813. The van der Waals surface area contributed by atoms with Gasteiger partial charge in [-0.15, -0.1) is 0 Å². The summed E-state index contributed by atoms with van der Waals surface area (Å²) in [6, 6.07) is 9.22. The van der Waals surface area contributed by atoms with E-state index in [-0.39, 0.29) is 0 Å². The molecule has 1 fully saturated rings. The molecule has 0 aromatic heterocycles. The minimum Gasteiger partial charge on any atom is -0.481 e. The molecule has 1 aliphatic rings. The summed E-state index contributed by atoms with van der Waals surface area (Å²) in [4.78, 5) is 11.0. The Kier molecular flexibility index (Phi) is 2.20. The van der Waals surface area contributed by atoms with Crippen LogP contribution < -0.4 is 0 Å². The summed E-state index contributed by atoms with van der Waals surface area (Å²) < 4.78 is 0. The van der Waals surface area contributed by atoms with E-state index in [4.69, 9.17) is 10.4 Å². The van der Waals surface area contributed by atoms with Crippen LogP contribution in [0.3, 0.4) is 0 Å². The van der Waals surface area contributed by atoms with Crippen molar-refractivity contribution in [3.8, 4) is 6.07 Å². The first-order valence-electron chi connectivity index (χ1n) is 4.89. The van der Waals surface area contributed by atoms with Gasteiger partial charge >= 0.3 is 5.97 Å². The zero-order chi connectivity index (χ0) is 10.9. The fourth-order valence-electron chi connectivity index (χ4n) is 1.76. The number of aliphatic carboxylic acids is 1. The summed E-state index contributed by atoms with van der Waals surface area (Å²) >= 11 is 0. The van der Waals surface area contributed by atoms with Crippen molar-refractivity contribution in [3.63, 3.8) is 0 Å². The number of hydrogen-bond donors (Lipinski definition) is 1. The first-order valence-corrected chi connectivity index (χ1v) is 4.89. The molecule has 0 saturated heterocycles. The third-order valence-electron chi connectivity index (χ3n) is 2.91. The fourth-order valence-corrected chi connectivity index (χ4v) is 1.76. The summed E-state index contributed by atoms with van der Waals surface area (Å²) in [6.45, 7) is 0. The number of carboxylic acids is 1. The van der Waals surface area contributed by atoms with Crippen LogP contribution in [0.1, 0.15) is 24.0 Å². The van der Waals surface area contributed by atoms with E-state index in [9.17, 15) is 4.79 Å². The zero-order valence-electron chi connectivity index (χ0n) is 8.23. The topological polar surface area (TPSA) is 61.1 Å². The van der Waals surface area contributed by atoms with Crippen LogP contribution >= 0.6 is 0 Å². The molecule has 0 atom stereocenters. The second-order valence-corrected chi connectivity index (χ2v) is 4.07. The molecule has 2 rings (SSSR count). The normalized spacial score (nSPS) is 16.7. The average molecular weight is 201 g/mol. The van der Waals surface area contributed by atoms with Crippen LogP contribution in [-0.4, -0.2) is 11.1 Å². The monoisotopic (exact) mass is 201 g/mol. The van der Waals surface area contributed by atoms with Crippen LogP contribution in [0.2, 0.25) is 0 Å². The van der Waals surface area contributed by atoms with Crippen molar-refractivity contribution < 1.29 is 9.90 Å². The molecule has 0 amide bonds. The molecule has 1 aromatic rings. The molecule has 1 aliphatic carbocycles. The molecule has 1 saturated carbocycles. The molecular formula is C12H11NO2. The molecule has 1 N–H and O–H groups in total. The minimum atomic E-state index is -0.718. The van der Waals surface area contributed by atoms with Gasteiger partial charge < -0.3 is 5.11 Å². The predicted molar refractivity (Wildman–Crippen MR) is 54.2 cm³/mol. The zero-order valence-corrected chi connectivity index (χ0v) is 8.23. The molecule has 1 aromatic carbocycles. The number of benzene rings is 1. The lowest BCUT2D eigenvalue weighted by Crippen LogP contribution is -2.17. The molecule has 0 aliphatic heterocycles. The van der Waals surface area contributed by atoms with Gasteiger partial charge in [0.1, 0.15) is 0 Å². The third kappa shape index (κ3) is 1.84. The highest BCUT2D eigenvalue weighted by atomic mass is 16.4. The first-order chi connectivity index (χ1) is 7.16. The van der Waals surface area contributed by atoms with E-state index in [0.29, 0.717) is 12.0 Å². The van der Waals surface area contributed by atoms with Crippen molar-refractivity contribution >= 4 is 5.97 Å². The third-order valence-corrected chi connectivity index (χ3v) is 2.91. The predicted octanol–water partition coefficient (Wildman–Crippen LogP) is 1.97. The Balaban J connectivity index is 2.18. The lowest BCUT2D eigenvalue weighted by molar-refractivity contribution is -0.143. The molecule has 3 heteroatoms. The molecule has 0 heterocycles. The Morgan fingerprint density at radius 2 is 2.27 bits per heavy atom. The number of nitrogens with zero attached hydrogens (tertiary/aromatic N) is 1. The van der Waals surface area contributed by atoms with Crippen LogP contribution in [0.4, 0.5) is 0 Å². The van der Waals surface area contributed by atoms with Crippen molar-refractivity contribution in [2.24, 2.45) is 5.41 Å². The number of nitriles is 1. The van der Waals surface area contributed by atoms with Gasteiger partial charge in [0.2, 0.25) is 0 Å². The summed E-state index contributed by atoms with van der Waals surface area (Å²) in [5, 5.41) is 17.7. The number of rotatable bonds is 3. The lowest BCUT2D eigenvalue weighted by atomic mass is 9.96. The average Bonchev–Trinajstić information content (AvgIpc) is 2.99. The fraction of sp³-hybridized carbons (Fsp3) is 0.333. The van der Waals surface area contributed by atoms with Gasteiger partial charge in [-0.25, -0.2) is 0 Å². The van der Waals surface area contributed by atoms with Gasteiger partial charge in [0.15, 0.2) is 0 Å². The largest absolute Gasteiger partial charge is 0.481 e. The maximum atomic E-state index is 11.0. The van der Waals surface area contributed by atoms with Crippen molar-refractivity contribution in [2.75, 3.05) is 0 Å². The van der Waals surface area contributed by atoms with E-state index in [1.807, 2.05) is 6.07 Å². The standard InChI is InChI=1S/C12H11NO2/c13-8-10-3-1-2-9(6-10)7-12(4-5-12)11(14)15/h1-3,6H,4-5,7H2,(H,14,15). The maximum Gasteiger partial charge on any atom is 0.309 e. The van der Waals surface area contributed by atoms with Gasteiger partial charge in [0.05, 0.1) is 17.0 Å². The van der Waals surface area contributed by atoms with Crippen molar-refractivity contribution in [3.05, 3.63) is 35.4 Å². The highest BCUT2D eigenvalue weighted by Gasteiger charge is 2.49. The van der Waals surface area contributed by atoms with E-state index in [0.717, 1.165) is 18.4 Å². The molecule has 76 valence electrons. The number of hydrogen-bond acceptors (Lipinski definition) is 2. The van der Waals surface area contributed by atoms with Crippen LogP contribution in [0.15, 0.2) is 24.3 Å². The highest BCUT2D eigenvalue weighted by molar-refractivity contribution is 5.78. The second-order valence-electron chi connectivity index (χ2n) is 4.07. The summed E-state index contributed by atoms with van der Waals surface area (Å²) in [5.74, 6) is -0.718. The Labute approximate surface area is 88.0 Å². The molecule has 15 heavy (non-hydrogen) atoms. The number of carboxylic acid groups (broad SMARTS) is 1. The number of carbonyl (C=O) groups is 1. The smallest absolute Gasteiger partial charge is 0.309 e. The molecule has 0 unspecified atom stereocenters. The lowest BCUT2D eigenvalue weighted by Gasteiger charge is -2.09. The van der Waals surface area contributed by atoms with Gasteiger partial charge in [-0.3, -0.25) is 4.79 Å². The Bertz CT molecular complexity index is 441. The van der Waals surface area contributed by atoms with Crippen molar-refractivity contribution in [1.82, 2.24) is 0 Å².